The molecule has 3 heterocycles. The van der Waals surface area contributed by atoms with Crippen molar-refractivity contribution in [2.45, 2.75) is 56.3 Å². The molecule has 1 saturated carbocycles. The lowest BCUT2D eigenvalue weighted by molar-refractivity contribution is 0.0751. The summed E-state index contributed by atoms with van der Waals surface area (Å²) in [6.45, 7) is 3.09. The Kier molecular flexibility index (Phi) is 6.15. The zero-order valence-electron chi connectivity index (χ0n) is 18.2. The van der Waals surface area contributed by atoms with Crippen molar-refractivity contribution < 1.29 is 13.2 Å². The van der Waals surface area contributed by atoms with Gasteiger partial charge in [-0.15, -0.1) is 11.6 Å². The van der Waals surface area contributed by atoms with Crippen molar-refractivity contribution in [3.63, 3.8) is 0 Å². The molecule has 33 heavy (non-hydrogen) atoms. The maximum Gasteiger partial charge on any atom is 0.256 e. The number of carbonyl (C=O) groups excluding carboxylic acids is 1. The molecule has 5 rings (SSSR count). The minimum absolute atomic E-state index is 0.166. The van der Waals surface area contributed by atoms with Gasteiger partial charge >= 0.3 is 0 Å². The van der Waals surface area contributed by atoms with Crippen LogP contribution in [0, 0.1) is 6.92 Å². The molecule has 2 fully saturated rings. The number of fused-ring (bicyclic) bond motifs is 1. The summed E-state index contributed by atoms with van der Waals surface area (Å²) in [5.74, 6) is 0.0181. The van der Waals surface area contributed by atoms with Gasteiger partial charge in [-0.2, -0.15) is 4.31 Å². The highest BCUT2D eigenvalue weighted by Gasteiger charge is 2.46. The van der Waals surface area contributed by atoms with Crippen molar-refractivity contribution >= 4 is 50.7 Å². The molecule has 2 aliphatic heterocycles. The number of rotatable bonds is 6. The number of aryl methyl sites for hydroxylation is 1. The molecular weight excluding hydrogens is 505 g/mol. The third kappa shape index (κ3) is 4.06. The van der Waals surface area contributed by atoms with Crippen molar-refractivity contribution in [1.82, 2.24) is 14.2 Å². The van der Waals surface area contributed by atoms with Gasteiger partial charge in [-0.25, -0.2) is 8.42 Å². The molecule has 10 heteroatoms. The van der Waals surface area contributed by atoms with E-state index in [4.69, 9.17) is 39.8 Å². The van der Waals surface area contributed by atoms with Gasteiger partial charge in [-0.1, -0.05) is 29.3 Å². The van der Waals surface area contributed by atoms with Crippen LogP contribution >= 0.6 is 34.8 Å². The van der Waals surface area contributed by atoms with Crippen LogP contribution in [-0.4, -0.2) is 52.9 Å². The number of pyridine rings is 1. The predicted octanol–water partition coefficient (Wildman–Crippen LogP) is 5.02. The van der Waals surface area contributed by atoms with Crippen LogP contribution in [0.5, 0.6) is 0 Å². The van der Waals surface area contributed by atoms with E-state index in [9.17, 15) is 13.2 Å². The highest BCUT2D eigenvalue weighted by molar-refractivity contribution is 7.90. The summed E-state index contributed by atoms with van der Waals surface area (Å²) in [6.07, 6.45) is 3.02. The topological polar surface area (TPSA) is 70.6 Å². The maximum absolute atomic E-state index is 13.6. The van der Waals surface area contributed by atoms with Crippen LogP contribution in [0.3, 0.4) is 0 Å². The number of alkyl halides is 1. The molecule has 176 valence electrons. The minimum Gasteiger partial charge on any atom is -0.331 e. The Balaban J connectivity index is 1.51. The van der Waals surface area contributed by atoms with Crippen LogP contribution in [0.25, 0.3) is 11.1 Å². The smallest absolute Gasteiger partial charge is 0.256 e. The Morgan fingerprint density at radius 3 is 2.58 bits per heavy atom. The van der Waals surface area contributed by atoms with Gasteiger partial charge in [0.25, 0.3) is 5.91 Å². The lowest BCUT2D eigenvalue weighted by Crippen LogP contribution is -2.44. The van der Waals surface area contributed by atoms with Gasteiger partial charge in [0, 0.05) is 51.9 Å². The van der Waals surface area contributed by atoms with E-state index in [0.717, 1.165) is 36.9 Å². The highest BCUT2D eigenvalue weighted by atomic mass is 35.5. The van der Waals surface area contributed by atoms with E-state index in [0.29, 0.717) is 52.1 Å². The minimum atomic E-state index is -3.29. The highest BCUT2D eigenvalue weighted by Crippen LogP contribution is 2.41. The van der Waals surface area contributed by atoms with E-state index in [1.54, 1.807) is 27.4 Å². The Bertz CT molecular complexity index is 1250. The average molecular weight is 529 g/mol. The van der Waals surface area contributed by atoms with Crippen molar-refractivity contribution in [2.24, 2.45) is 0 Å². The van der Waals surface area contributed by atoms with Gasteiger partial charge in [-0.05, 0) is 50.3 Å². The molecule has 1 saturated heterocycles. The molecule has 6 nitrogen and oxygen atoms in total. The molecule has 1 amide bonds. The fourth-order valence-corrected chi connectivity index (χ4v) is 7.91. The summed E-state index contributed by atoms with van der Waals surface area (Å²) in [4.78, 5) is 20.1. The SMILES string of the molecule is Cc1nc2c(c(-c3ccc(Cl)cc3Cl)c1CCl)C(=O)N(C[C@@H]1CCCN1S(=O)(=O)C1CC1)C2. The second-order valence-electron chi connectivity index (χ2n) is 8.97. The van der Waals surface area contributed by atoms with E-state index in [1.807, 2.05) is 6.92 Å². The van der Waals surface area contributed by atoms with Gasteiger partial charge in [0.1, 0.15) is 0 Å². The van der Waals surface area contributed by atoms with Crippen LogP contribution in [0.1, 0.15) is 53.0 Å². The normalized spacial score (nSPS) is 21.2. The Hall–Kier alpha value is -1.38. The molecule has 3 aliphatic rings. The third-order valence-electron chi connectivity index (χ3n) is 6.78. The molecule has 0 bridgehead atoms. The lowest BCUT2D eigenvalue weighted by Gasteiger charge is -2.28. The quantitative estimate of drug-likeness (QED) is 0.494. The Morgan fingerprint density at radius 2 is 1.91 bits per heavy atom. The number of aromatic nitrogens is 1. The number of amides is 1. The monoisotopic (exact) mass is 527 g/mol. The summed E-state index contributed by atoms with van der Waals surface area (Å²) in [5.41, 5.74) is 4.05. The van der Waals surface area contributed by atoms with Crippen molar-refractivity contribution in [3.8, 4) is 11.1 Å². The number of sulfonamides is 1. The zero-order chi connectivity index (χ0) is 23.5. The van der Waals surface area contributed by atoms with E-state index in [2.05, 4.69) is 0 Å². The average Bonchev–Trinajstić information content (AvgIpc) is 3.45. The molecule has 2 aromatic rings. The van der Waals surface area contributed by atoms with Crippen molar-refractivity contribution in [1.29, 1.82) is 0 Å². The zero-order valence-corrected chi connectivity index (χ0v) is 21.2. The van der Waals surface area contributed by atoms with Crippen molar-refractivity contribution in [2.75, 3.05) is 13.1 Å². The van der Waals surface area contributed by atoms with E-state index < -0.39 is 10.0 Å². The van der Waals surface area contributed by atoms with Crippen LogP contribution in [-0.2, 0) is 22.4 Å². The fourth-order valence-electron chi connectivity index (χ4n) is 5.00. The summed E-state index contributed by atoms with van der Waals surface area (Å²) < 4.78 is 27.4. The number of halogens is 3. The van der Waals surface area contributed by atoms with Crippen LogP contribution in [0.4, 0.5) is 0 Å². The predicted molar refractivity (Wildman–Crippen MR) is 130 cm³/mol. The second-order valence-corrected chi connectivity index (χ2v) is 12.2. The first-order valence-corrected chi connectivity index (χ1v) is 13.9. The summed E-state index contributed by atoms with van der Waals surface area (Å²) in [6, 6.07) is 4.98. The van der Waals surface area contributed by atoms with Crippen molar-refractivity contribution in [3.05, 3.63) is 50.8 Å². The summed E-state index contributed by atoms with van der Waals surface area (Å²) in [7, 11) is -3.29. The molecule has 1 atom stereocenters. The summed E-state index contributed by atoms with van der Waals surface area (Å²) >= 11 is 18.9. The number of hydrogen-bond acceptors (Lipinski definition) is 4. The third-order valence-corrected chi connectivity index (χ3v) is 10.0. The molecule has 0 spiro atoms. The van der Waals surface area contributed by atoms with E-state index >= 15 is 0 Å². The molecule has 0 unspecified atom stereocenters. The van der Waals surface area contributed by atoms with E-state index in [-0.39, 0.29) is 23.1 Å². The van der Waals surface area contributed by atoms with Crippen LogP contribution in [0.2, 0.25) is 10.0 Å². The molecule has 1 aliphatic carbocycles. The van der Waals surface area contributed by atoms with Gasteiger partial charge < -0.3 is 4.90 Å². The Morgan fingerprint density at radius 1 is 1.15 bits per heavy atom. The number of nitrogens with zero attached hydrogens (tertiary/aromatic N) is 3. The lowest BCUT2D eigenvalue weighted by atomic mass is 9.93. The van der Waals surface area contributed by atoms with Gasteiger partial charge in [-0.3, -0.25) is 9.78 Å². The molecule has 1 aromatic heterocycles. The van der Waals surface area contributed by atoms with Gasteiger partial charge in [0.15, 0.2) is 0 Å². The molecule has 1 aromatic carbocycles. The maximum atomic E-state index is 13.6. The molecule has 0 N–H and O–H groups in total. The van der Waals surface area contributed by atoms with Gasteiger partial charge in [0.2, 0.25) is 10.0 Å². The molecule has 0 radical (unpaired) electrons. The largest absolute Gasteiger partial charge is 0.331 e. The van der Waals surface area contributed by atoms with E-state index in [1.165, 1.54) is 0 Å². The molecular formula is C23H24Cl3N3O3S. The number of carbonyl (C=O) groups is 1. The Labute approximate surface area is 208 Å². The van der Waals surface area contributed by atoms with Crippen LogP contribution < -0.4 is 0 Å². The first-order valence-electron chi connectivity index (χ1n) is 11.1. The number of benzene rings is 1. The fraction of sp³-hybridized carbons (Fsp3) is 0.478. The number of hydrogen-bond donors (Lipinski definition) is 0. The van der Waals surface area contributed by atoms with Gasteiger partial charge in [0.05, 0.1) is 23.1 Å². The second kappa shape index (κ2) is 8.68. The summed E-state index contributed by atoms with van der Waals surface area (Å²) in [5, 5.41) is 0.689. The first kappa shape index (κ1) is 23.4. The standard InChI is InChI=1S/C23H24Cl3N3O3S/c1-13-18(10-24)21(17-7-4-14(25)9-19(17)26)22-20(27-13)12-28(23(22)30)11-15-3-2-8-29(15)33(31,32)16-5-6-16/h4,7,9,15-16H,2-3,5-6,8,10-12H2,1H3/t15-/m0/s1. The van der Waals surface area contributed by atoms with Crippen LogP contribution in [0.15, 0.2) is 18.2 Å². The first-order chi connectivity index (χ1) is 15.7.